The van der Waals surface area contributed by atoms with Crippen LogP contribution in [0.25, 0.3) is 0 Å². The van der Waals surface area contributed by atoms with Crippen LogP contribution in [0.15, 0.2) is 47.7 Å². The van der Waals surface area contributed by atoms with Crippen molar-refractivity contribution < 1.29 is 0 Å². The van der Waals surface area contributed by atoms with Gasteiger partial charge >= 0.3 is 0 Å². The standard InChI is InChI=1S/C21H34N6/c1-17(2)13-20(26(4)5)15-24-21(22-3)23-14-18-9-6-7-10-19(18)16-27-12-8-11-25-27/h6-12,17,20H,13-16H2,1-5H3,(H2,22,23,24). The lowest BCUT2D eigenvalue weighted by molar-refractivity contribution is 0.254. The first-order chi connectivity index (χ1) is 13.0. The predicted molar refractivity (Wildman–Crippen MR) is 113 cm³/mol. The van der Waals surface area contributed by atoms with Crippen molar-refractivity contribution in [3.05, 3.63) is 53.9 Å². The first-order valence-corrected chi connectivity index (χ1v) is 9.64. The fourth-order valence-electron chi connectivity index (χ4n) is 3.09. The van der Waals surface area contributed by atoms with Crippen LogP contribution < -0.4 is 10.6 Å². The maximum atomic E-state index is 4.38. The molecule has 0 fully saturated rings. The van der Waals surface area contributed by atoms with Gasteiger partial charge in [-0.3, -0.25) is 9.67 Å². The largest absolute Gasteiger partial charge is 0.355 e. The summed E-state index contributed by atoms with van der Waals surface area (Å²) in [6, 6.07) is 10.9. The number of rotatable bonds is 9. The van der Waals surface area contributed by atoms with Gasteiger partial charge < -0.3 is 15.5 Å². The molecular weight excluding hydrogens is 336 g/mol. The molecular formula is C21H34N6. The quantitative estimate of drug-likeness (QED) is 0.526. The van der Waals surface area contributed by atoms with Gasteiger partial charge in [-0.2, -0.15) is 5.10 Å². The molecule has 148 valence electrons. The molecule has 1 heterocycles. The summed E-state index contributed by atoms with van der Waals surface area (Å²) in [6.07, 6.45) is 4.95. The third kappa shape index (κ3) is 7.06. The van der Waals surface area contributed by atoms with Crippen molar-refractivity contribution >= 4 is 5.96 Å². The third-order valence-electron chi connectivity index (χ3n) is 4.66. The van der Waals surface area contributed by atoms with Gasteiger partial charge in [0.2, 0.25) is 0 Å². The number of nitrogens with one attached hydrogen (secondary N) is 2. The molecule has 0 aliphatic rings. The molecule has 0 spiro atoms. The molecule has 1 atom stereocenters. The fourth-order valence-corrected chi connectivity index (χ4v) is 3.09. The Morgan fingerprint density at radius 3 is 2.48 bits per heavy atom. The highest BCUT2D eigenvalue weighted by Gasteiger charge is 2.14. The molecule has 1 aromatic carbocycles. The molecule has 1 aromatic heterocycles. The molecule has 2 aromatic rings. The maximum Gasteiger partial charge on any atom is 0.191 e. The Balaban J connectivity index is 1.92. The fraction of sp³-hybridized carbons (Fsp3) is 0.524. The smallest absolute Gasteiger partial charge is 0.191 e. The van der Waals surface area contributed by atoms with Crippen molar-refractivity contribution in [1.29, 1.82) is 0 Å². The Hall–Kier alpha value is -2.34. The number of likely N-dealkylation sites (N-methyl/N-ethyl adjacent to an activating group) is 1. The van der Waals surface area contributed by atoms with Gasteiger partial charge in [0.05, 0.1) is 6.54 Å². The molecule has 0 bridgehead atoms. The van der Waals surface area contributed by atoms with E-state index in [4.69, 9.17) is 0 Å². The zero-order chi connectivity index (χ0) is 19.6. The van der Waals surface area contributed by atoms with Crippen LogP contribution in [0.1, 0.15) is 31.4 Å². The molecule has 2 rings (SSSR count). The number of benzene rings is 1. The highest BCUT2D eigenvalue weighted by molar-refractivity contribution is 5.79. The summed E-state index contributed by atoms with van der Waals surface area (Å²) in [4.78, 5) is 6.65. The number of nitrogens with zero attached hydrogens (tertiary/aromatic N) is 4. The second-order valence-corrected chi connectivity index (χ2v) is 7.53. The summed E-state index contributed by atoms with van der Waals surface area (Å²) in [5.74, 6) is 1.50. The van der Waals surface area contributed by atoms with Crippen molar-refractivity contribution in [1.82, 2.24) is 25.3 Å². The van der Waals surface area contributed by atoms with Crippen LogP contribution in [0, 0.1) is 5.92 Å². The Bertz CT molecular complexity index is 690. The minimum Gasteiger partial charge on any atom is -0.355 e. The summed E-state index contributed by atoms with van der Waals surface area (Å²) in [5, 5.41) is 11.2. The normalized spacial score (nSPS) is 13.2. The molecule has 6 heteroatoms. The minimum atomic E-state index is 0.482. The molecule has 0 aliphatic carbocycles. The van der Waals surface area contributed by atoms with Gasteiger partial charge in [-0.15, -0.1) is 0 Å². The Morgan fingerprint density at radius 1 is 1.15 bits per heavy atom. The first kappa shape index (κ1) is 21.0. The summed E-state index contributed by atoms with van der Waals surface area (Å²) in [6.45, 7) is 6.90. The van der Waals surface area contributed by atoms with E-state index in [1.807, 2.05) is 30.2 Å². The highest BCUT2D eigenvalue weighted by atomic mass is 15.3. The number of aromatic nitrogens is 2. The monoisotopic (exact) mass is 370 g/mol. The SMILES string of the molecule is CN=C(NCc1ccccc1Cn1cccn1)NCC(CC(C)C)N(C)C. The van der Waals surface area contributed by atoms with Crippen molar-refractivity contribution in [2.75, 3.05) is 27.7 Å². The van der Waals surface area contributed by atoms with E-state index >= 15 is 0 Å². The van der Waals surface area contributed by atoms with Gasteiger partial charge in [-0.05, 0) is 43.6 Å². The number of hydrogen-bond acceptors (Lipinski definition) is 3. The molecule has 2 N–H and O–H groups in total. The van der Waals surface area contributed by atoms with Gasteiger partial charge in [-0.25, -0.2) is 0 Å². The molecule has 0 amide bonds. The Kier molecular flexibility index (Phi) is 8.33. The third-order valence-corrected chi connectivity index (χ3v) is 4.66. The van der Waals surface area contributed by atoms with Gasteiger partial charge in [0.25, 0.3) is 0 Å². The summed E-state index contributed by atoms with van der Waals surface area (Å²) >= 11 is 0. The number of aliphatic imine (C=N–C) groups is 1. The Labute approximate surface area is 163 Å². The summed E-state index contributed by atoms with van der Waals surface area (Å²) in [5.41, 5.74) is 2.51. The van der Waals surface area contributed by atoms with E-state index in [0.717, 1.165) is 32.0 Å². The molecule has 1 unspecified atom stereocenters. The molecule has 0 aliphatic heterocycles. The second-order valence-electron chi connectivity index (χ2n) is 7.53. The summed E-state index contributed by atoms with van der Waals surface area (Å²) < 4.78 is 1.94. The van der Waals surface area contributed by atoms with Crippen molar-refractivity contribution in [2.45, 2.75) is 39.4 Å². The highest BCUT2D eigenvalue weighted by Crippen LogP contribution is 2.11. The molecule has 6 nitrogen and oxygen atoms in total. The number of guanidine groups is 1. The van der Waals surface area contributed by atoms with E-state index in [2.05, 4.69) is 77.8 Å². The van der Waals surface area contributed by atoms with Crippen LogP contribution in [-0.2, 0) is 13.1 Å². The zero-order valence-electron chi connectivity index (χ0n) is 17.3. The van der Waals surface area contributed by atoms with Crippen molar-refractivity contribution in [3.8, 4) is 0 Å². The van der Waals surface area contributed by atoms with Crippen molar-refractivity contribution in [3.63, 3.8) is 0 Å². The molecule has 0 saturated heterocycles. The van der Waals surface area contributed by atoms with E-state index < -0.39 is 0 Å². The lowest BCUT2D eigenvalue weighted by Gasteiger charge is -2.27. The molecule has 0 radical (unpaired) electrons. The lowest BCUT2D eigenvalue weighted by Crippen LogP contribution is -2.45. The predicted octanol–water partition coefficient (Wildman–Crippen LogP) is 2.57. The summed E-state index contributed by atoms with van der Waals surface area (Å²) in [7, 11) is 6.09. The molecule has 0 saturated carbocycles. The maximum absolute atomic E-state index is 4.38. The van der Waals surface area contributed by atoms with Gasteiger partial charge in [0.15, 0.2) is 5.96 Å². The van der Waals surface area contributed by atoms with Crippen molar-refractivity contribution in [2.24, 2.45) is 10.9 Å². The van der Waals surface area contributed by atoms with Crippen LogP contribution in [0.5, 0.6) is 0 Å². The average molecular weight is 371 g/mol. The van der Waals surface area contributed by atoms with Gasteiger partial charge in [0, 0.05) is 38.6 Å². The minimum absolute atomic E-state index is 0.482. The van der Waals surface area contributed by atoms with Crippen LogP contribution in [0.3, 0.4) is 0 Å². The van der Waals surface area contributed by atoms with E-state index in [1.54, 1.807) is 0 Å². The average Bonchev–Trinajstić information content (AvgIpc) is 3.14. The van der Waals surface area contributed by atoms with E-state index in [9.17, 15) is 0 Å². The zero-order valence-corrected chi connectivity index (χ0v) is 17.3. The number of hydrogen-bond donors (Lipinski definition) is 2. The van der Waals surface area contributed by atoms with E-state index in [-0.39, 0.29) is 0 Å². The molecule has 27 heavy (non-hydrogen) atoms. The Morgan fingerprint density at radius 2 is 1.89 bits per heavy atom. The van der Waals surface area contributed by atoms with Crippen LogP contribution in [0.4, 0.5) is 0 Å². The van der Waals surface area contributed by atoms with E-state index in [1.165, 1.54) is 11.1 Å². The van der Waals surface area contributed by atoms with Crippen LogP contribution in [-0.4, -0.2) is 54.4 Å². The lowest BCUT2D eigenvalue weighted by atomic mass is 10.0. The van der Waals surface area contributed by atoms with Crippen LogP contribution >= 0.6 is 0 Å². The van der Waals surface area contributed by atoms with E-state index in [0.29, 0.717) is 12.0 Å². The van der Waals surface area contributed by atoms with Gasteiger partial charge in [-0.1, -0.05) is 38.1 Å². The first-order valence-electron chi connectivity index (χ1n) is 9.64. The van der Waals surface area contributed by atoms with Crippen LogP contribution in [0.2, 0.25) is 0 Å². The van der Waals surface area contributed by atoms with Gasteiger partial charge in [0.1, 0.15) is 0 Å². The second kappa shape index (κ2) is 10.7. The topological polar surface area (TPSA) is 57.5 Å².